The van der Waals surface area contributed by atoms with E-state index < -0.39 is 17.4 Å². The molecule has 1 aromatic rings. The molecule has 3 aliphatic heterocycles. The highest BCUT2D eigenvalue weighted by Crippen LogP contribution is 2.53. The molecular weight excluding hydrogens is 330 g/mol. The molecule has 2 bridgehead atoms. The van der Waals surface area contributed by atoms with E-state index in [0.29, 0.717) is 13.2 Å². The summed E-state index contributed by atoms with van der Waals surface area (Å²) in [5.74, 6) is -1.37. The summed E-state index contributed by atoms with van der Waals surface area (Å²) in [6.45, 7) is 4.96. The summed E-state index contributed by atoms with van der Waals surface area (Å²) >= 11 is 0. The molecule has 1 spiro atoms. The van der Waals surface area contributed by atoms with Crippen LogP contribution < -0.4 is 4.90 Å². The van der Waals surface area contributed by atoms with Crippen LogP contribution in [0.1, 0.15) is 31.7 Å². The molecule has 0 aliphatic carbocycles. The Morgan fingerprint density at radius 2 is 2.15 bits per heavy atom. The van der Waals surface area contributed by atoms with Gasteiger partial charge in [-0.05, 0) is 25.0 Å². The molecular formula is C21H25NO4. The van der Waals surface area contributed by atoms with Crippen LogP contribution in [0.3, 0.4) is 0 Å². The van der Waals surface area contributed by atoms with Gasteiger partial charge in [-0.25, -0.2) is 0 Å². The van der Waals surface area contributed by atoms with Crippen LogP contribution >= 0.6 is 0 Å². The summed E-state index contributed by atoms with van der Waals surface area (Å²) in [4.78, 5) is 27.7. The number of esters is 1. The molecule has 2 saturated heterocycles. The lowest BCUT2D eigenvalue weighted by atomic mass is 9.77. The number of para-hydroxylation sites is 1. The zero-order valence-electron chi connectivity index (χ0n) is 15.3. The highest BCUT2D eigenvalue weighted by Gasteiger charge is 2.67. The lowest BCUT2D eigenvalue weighted by Gasteiger charge is -2.23. The summed E-state index contributed by atoms with van der Waals surface area (Å²) in [5, 5.41) is 0. The Balaban J connectivity index is 1.56. The van der Waals surface area contributed by atoms with Crippen molar-refractivity contribution in [2.75, 3.05) is 18.1 Å². The third-order valence-electron chi connectivity index (χ3n) is 5.77. The summed E-state index contributed by atoms with van der Waals surface area (Å²) in [5.41, 5.74) is 1.23. The van der Waals surface area contributed by atoms with Crippen molar-refractivity contribution >= 4 is 17.6 Å². The number of hydrogen-bond donors (Lipinski definition) is 0. The highest BCUT2D eigenvalue weighted by molar-refractivity contribution is 6.03. The first-order valence-electron chi connectivity index (χ1n) is 9.48. The minimum absolute atomic E-state index is 0.0401. The number of fused-ring (bicyclic) bond motifs is 1. The van der Waals surface area contributed by atoms with Gasteiger partial charge in [0.25, 0.3) is 0 Å². The van der Waals surface area contributed by atoms with Gasteiger partial charge in [-0.2, -0.15) is 0 Å². The molecule has 1 unspecified atom stereocenters. The first-order chi connectivity index (χ1) is 12.6. The predicted molar refractivity (Wildman–Crippen MR) is 97.7 cm³/mol. The van der Waals surface area contributed by atoms with E-state index in [-0.39, 0.29) is 18.0 Å². The van der Waals surface area contributed by atoms with Crippen molar-refractivity contribution in [3.63, 3.8) is 0 Å². The van der Waals surface area contributed by atoms with Crippen molar-refractivity contribution in [3.05, 3.63) is 42.0 Å². The number of hydrogen-bond acceptors (Lipinski definition) is 4. The monoisotopic (exact) mass is 355 g/mol. The number of benzene rings is 1. The maximum Gasteiger partial charge on any atom is 0.312 e. The second-order valence-corrected chi connectivity index (χ2v) is 7.49. The Bertz CT molecular complexity index is 758. The Labute approximate surface area is 154 Å². The van der Waals surface area contributed by atoms with Crippen LogP contribution in [0, 0.1) is 18.8 Å². The number of carbonyl (C=O) groups is 2. The number of ether oxygens (including phenoxy) is 2. The van der Waals surface area contributed by atoms with Crippen LogP contribution in [0.4, 0.5) is 5.69 Å². The van der Waals surface area contributed by atoms with E-state index in [9.17, 15) is 9.59 Å². The van der Waals surface area contributed by atoms with Crippen molar-refractivity contribution in [2.45, 2.75) is 44.8 Å². The molecule has 138 valence electrons. The lowest BCUT2D eigenvalue weighted by molar-refractivity contribution is -0.152. The first-order valence-corrected chi connectivity index (χ1v) is 9.48. The van der Waals surface area contributed by atoms with Crippen LogP contribution in [-0.4, -0.2) is 36.7 Å². The standard InChI is InChI=1S/C21H25NO4/c1-3-4-7-12-25-20(24)17-16-10-11-21(26-16)13-22(19(23)18(17)21)15-9-6-5-8-14(15)2/h5-6,8-11,16-18H,3-4,7,12-13H2,1-2H3/t16-,17+,18-,21?/m0/s1. The number of anilines is 1. The quantitative estimate of drug-likeness (QED) is 0.447. The molecule has 4 rings (SSSR count). The molecule has 26 heavy (non-hydrogen) atoms. The molecule has 1 amide bonds. The minimum Gasteiger partial charge on any atom is -0.465 e. The number of amides is 1. The zero-order valence-corrected chi connectivity index (χ0v) is 15.3. The van der Waals surface area contributed by atoms with Crippen molar-refractivity contribution in [3.8, 4) is 0 Å². The van der Waals surface area contributed by atoms with Crippen molar-refractivity contribution in [2.24, 2.45) is 11.8 Å². The number of aryl methyl sites for hydroxylation is 1. The van der Waals surface area contributed by atoms with Crippen molar-refractivity contribution in [1.82, 2.24) is 0 Å². The first kappa shape index (κ1) is 17.3. The van der Waals surface area contributed by atoms with E-state index in [1.807, 2.05) is 43.3 Å². The Morgan fingerprint density at radius 3 is 2.92 bits per heavy atom. The largest absolute Gasteiger partial charge is 0.465 e. The number of unbranched alkanes of at least 4 members (excludes halogenated alkanes) is 2. The number of carbonyl (C=O) groups excluding carboxylic acids is 2. The molecule has 0 radical (unpaired) electrons. The maximum absolute atomic E-state index is 13.2. The van der Waals surface area contributed by atoms with Gasteiger partial charge in [-0.15, -0.1) is 0 Å². The molecule has 1 aromatic carbocycles. The average Bonchev–Trinajstić information content (AvgIpc) is 3.27. The second kappa shape index (κ2) is 6.54. The van der Waals surface area contributed by atoms with E-state index in [1.165, 1.54) is 0 Å². The molecule has 0 N–H and O–H groups in total. The average molecular weight is 355 g/mol. The van der Waals surface area contributed by atoms with E-state index in [1.54, 1.807) is 4.90 Å². The minimum atomic E-state index is -0.697. The number of rotatable bonds is 6. The topological polar surface area (TPSA) is 55.8 Å². The highest BCUT2D eigenvalue weighted by atomic mass is 16.6. The van der Waals surface area contributed by atoms with Gasteiger partial charge in [-0.3, -0.25) is 9.59 Å². The third-order valence-corrected chi connectivity index (χ3v) is 5.77. The van der Waals surface area contributed by atoms with Crippen molar-refractivity contribution < 1.29 is 19.1 Å². The van der Waals surface area contributed by atoms with E-state index in [2.05, 4.69) is 6.92 Å². The Kier molecular flexibility index (Phi) is 4.35. The lowest BCUT2D eigenvalue weighted by Crippen LogP contribution is -2.40. The van der Waals surface area contributed by atoms with Gasteiger partial charge in [0, 0.05) is 5.69 Å². The maximum atomic E-state index is 13.2. The molecule has 0 saturated carbocycles. The second-order valence-electron chi connectivity index (χ2n) is 7.49. The fourth-order valence-electron chi connectivity index (χ4n) is 4.46. The van der Waals surface area contributed by atoms with Crippen LogP contribution in [0.5, 0.6) is 0 Å². The van der Waals surface area contributed by atoms with E-state index in [4.69, 9.17) is 9.47 Å². The summed E-state index contributed by atoms with van der Waals surface area (Å²) in [6, 6.07) is 7.81. The van der Waals surface area contributed by atoms with Gasteiger partial charge in [-0.1, -0.05) is 50.1 Å². The van der Waals surface area contributed by atoms with Gasteiger partial charge in [0.2, 0.25) is 5.91 Å². The zero-order chi connectivity index (χ0) is 18.3. The summed E-state index contributed by atoms with van der Waals surface area (Å²) < 4.78 is 11.6. The molecule has 4 atom stereocenters. The normalized spacial score (nSPS) is 31.5. The van der Waals surface area contributed by atoms with Crippen LogP contribution in [0.2, 0.25) is 0 Å². The van der Waals surface area contributed by atoms with Crippen molar-refractivity contribution in [1.29, 1.82) is 0 Å². The van der Waals surface area contributed by atoms with E-state index in [0.717, 1.165) is 30.5 Å². The molecule has 2 fully saturated rings. The molecule has 3 heterocycles. The van der Waals surface area contributed by atoms with Gasteiger partial charge >= 0.3 is 5.97 Å². The summed E-state index contributed by atoms with van der Waals surface area (Å²) in [6.07, 6.45) is 6.51. The van der Waals surface area contributed by atoms with Gasteiger partial charge in [0.05, 0.1) is 25.2 Å². The van der Waals surface area contributed by atoms with Crippen LogP contribution in [0.15, 0.2) is 36.4 Å². The number of nitrogens with zero attached hydrogens (tertiary/aromatic N) is 1. The van der Waals surface area contributed by atoms with E-state index >= 15 is 0 Å². The van der Waals surface area contributed by atoms with Gasteiger partial charge in [0.1, 0.15) is 11.5 Å². The van der Waals surface area contributed by atoms with Crippen LogP contribution in [0.25, 0.3) is 0 Å². The fourth-order valence-corrected chi connectivity index (χ4v) is 4.46. The van der Waals surface area contributed by atoms with Crippen LogP contribution in [-0.2, 0) is 19.1 Å². The smallest absolute Gasteiger partial charge is 0.312 e. The Hall–Kier alpha value is -2.14. The molecule has 5 nitrogen and oxygen atoms in total. The fraction of sp³-hybridized carbons (Fsp3) is 0.524. The third kappa shape index (κ3) is 2.57. The SMILES string of the molecule is CCCCCOC(=O)[C@@H]1[C@@H]2C=CC3(CN(c4ccccc4C)C(=O)[C@H]13)O2. The van der Waals surface area contributed by atoms with Gasteiger partial charge < -0.3 is 14.4 Å². The predicted octanol–water partition coefficient (Wildman–Crippen LogP) is 3.01. The molecule has 3 aliphatic rings. The summed E-state index contributed by atoms with van der Waals surface area (Å²) in [7, 11) is 0. The Morgan fingerprint density at radius 1 is 1.35 bits per heavy atom. The molecule has 0 aromatic heterocycles. The molecule has 5 heteroatoms. The van der Waals surface area contributed by atoms with Gasteiger partial charge in [0.15, 0.2) is 0 Å².